The molecule has 1 N–H and O–H groups in total. The van der Waals surface area contributed by atoms with Gasteiger partial charge in [0.2, 0.25) is 5.91 Å². The number of rotatable bonds is 3. The minimum Gasteiger partial charge on any atom is -0.325 e. The van der Waals surface area contributed by atoms with E-state index in [4.69, 9.17) is 0 Å². The molecule has 1 aromatic rings. The molecule has 0 saturated heterocycles. The maximum atomic E-state index is 11.6. The van der Waals surface area contributed by atoms with Gasteiger partial charge in [-0.1, -0.05) is 28.9 Å². The van der Waals surface area contributed by atoms with Gasteiger partial charge < -0.3 is 5.32 Å². The maximum Gasteiger partial charge on any atom is 0.238 e. The molecule has 0 heterocycles. The highest BCUT2D eigenvalue weighted by molar-refractivity contribution is 9.10. The summed E-state index contributed by atoms with van der Waals surface area (Å²) < 4.78 is 0. The molecule has 15 heavy (non-hydrogen) atoms. The van der Waals surface area contributed by atoms with Crippen LogP contribution in [-0.2, 0) is 4.79 Å². The quantitative estimate of drug-likeness (QED) is 0.838. The molecule has 1 atom stereocenters. The number of amides is 1. The lowest BCUT2D eigenvalue weighted by Crippen LogP contribution is -2.22. The molecule has 1 aromatic carbocycles. The first-order valence-corrected chi connectivity index (χ1v) is 5.97. The van der Waals surface area contributed by atoms with Gasteiger partial charge in [-0.05, 0) is 43.5 Å². The summed E-state index contributed by atoms with van der Waals surface area (Å²) in [6, 6.07) is 6.03. The van der Waals surface area contributed by atoms with Gasteiger partial charge in [0, 0.05) is 5.69 Å². The second kappa shape index (κ2) is 5.31. The highest BCUT2D eigenvalue weighted by Gasteiger charge is 2.12. The topological polar surface area (TPSA) is 29.1 Å². The van der Waals surface area contributed by atoms with E-state index in [1.54, 1.807) is 0 Å². The molecule has 0 aliphatic rings. The number of hydrogen-bond acceptors (Lipinski definition) is 1. The minimum atomic E-state index is -0.113. The summed E-state index contributed by atoms with van der Waals surface area (Å²) in [7, 11) is 0. The average molecular weight is 270 g/mol. The maximum absolute atomic E-state index is 11.6. The first-order valence-electron chi connectivity index (χ1n) is 5.06. The Hall–Kier alpha value is -0.830. The molecule has 1 amide bonds. The Morgan fingerprint density at radius 3 is 2.33 bits per heavy atom. The van der Waals surface area contributed by atoms with Crippen molar-refractivity contribution in [1.29, 1.82) is 0 Å². The van der Waals surface area contributed by atoms with E-state index < -0.39 is 0 Å². The number of benzene rings is 1. The Morgan fingerprint density at radius 2 is 1.87 bits per heavy atom. The van der Waals surface area contributed by atoms with Crippen LogP contribution in [0.5, 0.6) is 0 Å². The zero-order chi connectivity index (χ0) is 11.4. The summed E-state index contributed by atoms with van der Waals surface area (Å²) in [5.41, 5.74) is 3.19. The van der Waals surface area contributed by atoms with Gasteiger partial charge in [-0.15, -0.1) is 0 Å². The van der Waals surface area contributed by atoms with E-state index in [0.29, 0.717) is 0 Å². The number of nitrogens with one attached hydrogen (secondary N) is 1. The van der Waals surface area contributed by atoms with Crippen molar-refractivity contribution >= 4 is 27.5 Å². The summed E-state index contributed by atoms with van der Waals surface area (Å²) in [6.07, 6.45) is 0.788. The monoisotopic (exact) mass is 269 g/mol. The van der Waals surface area contributed by atoms with Crippen LogP contribution >= 0.6 is 15.9 Å². The van der Waals surface area contributed by atoms with Crippen LogP contribution in [0.3, 0.4) is 0 Å². The summed E-state index contributed by atoms with van der Waals surface area (Å²) in [5, 5.41) is 2.89. The van der Waals surface area contributed by atoms with Gasteiger partial charge in [0.05, 0.1) is 4.83 Å². The number of carbonyl (C=O) groups is 1. The van der Waals surface area contributed by atoms with Gasteiger partial charge in [-0.25, -0.2) is 0 Å². The molecule has 3 heteroatoms. The Balaban J connectivity index is 2.76. The molecule has 0 aromatic heterocycles. The zero-order valence-electron chi connectivity index (χ0n) is 9.30. The minimum absolute atomic E-state index is 0.0162. The Kier molecular flexibility index (Phi) is 4.33. The van der Waals surface area contributed by atoms with Crippen LogP contribution < -0.4 is 5.32 Å². The molecule has 0 fully saturated rings. The molecule has 0 aliphatic carbocycles. The summed E-state index contributed by atoms with van der Waals surface area (Å²) in [4.78, 5) is 11.5. The first-order chi connectivity index (χ1) is 7.02. The first kappa shape index (κ1) is 12.2. The number of halogens is 1. The van der Waals surface area contributed by atoms with Gasteiger partial charge in [0.15, 0.2) is 0 Å². The molecule has 1 rings (SSSR count). The van der Waals surface area contributed by atoms with Crippen molar-refractivity contribution in [3.8, 4) is 0 Å². The summed E-state index contributed by atoms with van der Waals surface area (Å²) in [5.74, 6) is 0.0162. The van der Waals surface area contributed by atoms with Crippen LogP contribution in [-0.4, -0.2) is 10.7 Å². The molecule has 0 saturated carbocycles. The van der Waals surface area contributed by atoms with E-state index in [2.05, 4.69) is 27.3 Å². The van der Waals surface area contributed by atoms with Crippen molar-refractivity contribution in [3.63, 3.8) is 0 Å². The van der Waals surface area contributed by atoms with Crippen molar-refractivity contribution in [2.45, 2.75) is 32.0 Å². The van der Waals surface area contributed by atoms with E-state index in [9.17, 15) is 4.79 Å². The lowest BCUT2D eigenvalue weighted by molar-refractivity contribution is -0.115. The van der Waals surface area contributed by atoms with E-state index in [1.165, 1.54) is 0 Å². The van der Waals surface area contributed by atoms with Crippen LogP contribution in [0.4, 0.5) is 5.69 Å². The van der Waals surface area contributed by atoms with Gasteiger partial charge in [0.1, 0.15) is 0 Å². The van der Waals surface area contributed by atoms with Crippen molar-refractivity contribution < 1.29 is 4.79 Å². The number of alkyl halides is 1. The number of carbonyl (C=O) groups excluding carboxylic acids is 1. The van der Waals surface area contributed by atoms with E-state index in [1.807, 2.05) is 32.9 Å². The van der Waals surface area contributed by atoms with Gasteiger partial charge >= 0.3 is 0 Å². The molecule has 0 radical (unpaired) electrons. The van der Waals surface area contributed by atoms with Gasteiger partial charge in [-0.3, -0.25) is 4.79 Å². The molecule has 82 valence electrons. The number of aryl methyl sites for hydroxylation is 2. The lowest BCUT2D eigenvalue weighted by Gasteiger charge is -2.10. The zero-order valence-corrected chi connectivity index (χ0v) is 10.9. The average Bonchev–Trinajstić information content (AvgIpc) is 2.14. The fourth-order valence-electron chi connectivity index (χ4n) is 1.45. The largest absolute Gasteiger partial charge is 0.325 e. The molecule has 0 bridgehead atoms. The van der Waals surface area contributed by atoms with Crippen molar-refractivity contribution in [1.82, 2.24) is 0 Å². The standard InChI is InChI=1S/C12H16BrNO/c1-4-11(13)12(15)14-10-6-8(2)5-9(3)7-10/h5-7,11H,4H2,1-3H3,(H,14,15)/t11-/m1/s1. The van der Waals surface area contributed by atoms with E-state index >= 15 is 0 Å². The third-order valence-corrected chi connectivity index (χ3v) is 3.20. The Bertz CT molecular complexity index is 342. The van der Waals surface area contributed by atoms with Crippen LogP contribution in [0.1, 0.15) is 24.5 Å². The second-order valence-electron chi connectivity index (χ2n) is 3.74. The molecular formula is C12H16BrNO. The van der Waals surface area contributed by atoms with Gasteiger partial charge in [0.25, 0.3) is 0 Å². The molecule has 0 spiro atoms. The van der Waals surface area contributed by atoms with Crippen LogP contribution in [0.15, 0.2) is 18.2 Å². The summed E-state index contributed by atoms with van der Waals surface area (Å²) in [6.45, 7) is 6.02. The van der Waals surface area contributed by atoms with Crippen LogP contribution in [0.25, 0.3) is 0 Å². The van der Waals surface area contributed by atoms with Crippen molar-refractivity contribution in [2.24, 2.45) is 0 Å². The highest BCUT2D eigenvalue weighted by atomic mass is 79.9. The molecule has 2 nitrogen and oxygen atoms in total. The predicted molar refractivity (Wildman–Crippen MR) is 67.6 cm³/mol. The highest BCUT2D eigenvalue weighted by Crippen LogP contribution is 2.15. The van der Waals surface area contributed by atoms with Crippen LogP contribution in [0.2, 0.25) is 0 Å². The van der Waals surface area contributed by atoms with E-state index in [-0.39, 0.29) is 10.7 Å². The SMILES string of the molecule is CC[C@@H](Br)C(=O)Nc1cc(C)cc(C)c1. The van der Waals surface area contributed by atoms with Crippen molar-refractivity contribution in [2.75, 3.05) is 5.32 Å². The lowest BCUT2D eigenvalue weighted by atomic mass is 10.1. The third-order valence-electron chi connectivity index (χ3n) is 2.13. The van der Waals surface area contributed by atoms with Crippen LogP contribution in [0, 0.1) is 13.8 Å². The molecule has 0 aliphatic heterocycles. The number of anilines is 1. The fraction of sp³-hybridized carbons (Fsp3) is 0.417. The third kappa shape index (κ3) is 3.67. The predicted octanol–water partition coefficient (Wildman–Crippen LogP) is 3.42. The Labute approximate surface area is 99.2 Å². The number of hydrogen-bond donors (Lipinski definition) is 1. The van der Waals surface area contributed by atoms with E-state index in [0.717, 1.165) is 23.2 Å². The van der Waals surface area contributed by atoms with Gasteiger partial charge in [-0.2, -0.15) is 0 Å². The van der Waals surface area contributed by atoms with Crippen molar-refractivity contribution in [3.05, 3.63) is 29.3 Å². The fourth-order valence-corrected chi connectivity index (χ4v) is 1.57. The summed E-state index contributed by atoms with van der Waals surface area (Å²) >= 11 is 3.32. The second-order valence-corrected chi connectivity index (χ2v) is 4.85. The normalized spacial score (nSPS) is 12.3. The smallest absolute Gasteiger partial charge is 0.238 e. The molecule has 0 unspecified atom stereocenters. The Morgan fingerprint density at radius 1 is 1.33 bits per heavy atom. The molecular weight excluding hydrogens is 254 g/mol.